The van der Waals surface area contributed by atoms with Gasteiger partial charge in [-0.1, -0.05) is 87.5 Å². The summed E-state index contributed by atoms with van der Waals surface area (Å²) in [5.41, 5.74) is 0. The molecule has 32 heavy (non-hydrogen) atoms. The molecule has 0 saturated carbocycles. The molecule has 6 heteroatoms. The quantitative estimate of drug-likeness (QED) is 0.480. The van der Waals surface area contributed by atoms with Crippen molar-refractivity contribution in [2.24, 2.45) is 0 Å². The predicted octanol–water partition coefficient (Wildman–Crippen LogP) is 4.11. The third-order valence-corrected chi connectivity index (χ3v) is 11.3. The van der Waals surface area contributed by atoms with Crippen molar-refractivity contribution in [2.75, 3.05) is 7.11 Å². The molecule has 3 rings (SSSR count). The zero-order chi connectivity index (χ0) is 23.4. The molecule has 1 fully saturated rings. The Labute approximate surface area is 192 Å². The van der Waals surface area contributed by atoms with E-state index in [1.807, 2.05) is 12.1 Å². The van der Waals surface area contributed by atoms with Gasteiger partial charge in [-0.05, 0) is 15.4 Å². The van der Waals surface area contributed by atoms with Gasteiger partial charge in [-0.25, -0.2) is 0 Å². The summed E-state index contributed by atoms with van der Waals surface area (Å²) >= 11 is 0. The summed E-state index contributed by atoms with van der Waals surface area (Å²) in [4.78, 5) is 11.6. The lowest BCUT2D eigenvalue weighted by Gasteiger charge is -2.49. The van der Waals surface area contributed by atoms with E-state index in [2.05, 4.69) is 75.9 Å². The highest BCUT2D eigenvalue weighted by Crippen LogP contribution is 2.41. The average molecular weight is 455 g/mol. The Morgan fingerprint density at radius 1 is 1.16 bits per heavy atom. The van der Waals surface area contributed by atoms with Crippen LogP contribution in [0.25, 0.3) is 0 Å². The normalized spacial score (nSPS) is 24.1. The minimum Gasteiger partial charge on any atom is -0.481 e. The van der Waals surface area contributed by atoms with Gasteiger partial charge in [-0.3, -0.25) is 4.79 Å². The molecule has 2 aromatic carbocycles. The Morgan fingerprint density at radius 2 is 1.69 bits per heavy atom. The van der Waals surface area contributed by atoms with Crippen molar-refractivity contribution in [1.82, 2.24) is 0 Å². The molecule has 1 heterocycles. The lowest BCUT2D eigenvalue weighted by molar-refractivity contribution is -0.276. The summed E-state index contributed by atoms with van der Waals surface area (Å²) in [5, 5.41) is 11.7. The molecule has 5 nitrogen and oxygen atoms in total. The fourth-order valence-electron chi connectivity index (χ4n) is 4.78. The Hall–Kier alpha value is -2.25. The van der Waals surface area contributed by atoms with E-state index in [4.69, 9.17) is 13.9 Å². The van der Waals surface area contributed by atoms with Gasteiger partial charge < -0.3 is 19.0 Å². The molecule has 1 aliphatic heterocycles. The summed E-state index contributed by atoms with van der Waals surface area (Å²) in [6.45, 7) is 10.6. The summed E-state index contributed by atoms with van der Waals surface area (Å²) in [5.74, 6) is -2.22. The minimum atomic E-state index is -2.79. The molecule has 3 atom stereocenters. The topological polar surface area (TPSA) is 65.0 Å². The van der Waals surface area contributed by atoms with E-state index in [9.17, 15) is 9.90 Å². The highest BCUT2D eigenvalue weighted by atomic mass is 28.4. The summed E-state index contributed by atoms with van der Waals surface area (Å²) in [7, 11) is -1.29. The molecule has 0 aromatic heterocycles. The first-order chi connectivity index (χ1) is 15.2. The number of hydrogen-bond donors (Lipinski definition) is 1. The van der Waals surface area contributed by atoms with Crippen molar-refractivity contribution in [1.29, 1.82) is 0 Å². The number of methoxy groups -OCH3 is 1. The Bertz CT molecular complexity index is 869. The third-order valence-electron chi connectivity index (χ3n) is 6.22. The van der Waals surface area contributed by atoms with Crippen molar-refractivity contribution in [3.63, 3.8) is 0 Å². The van der Waals surface area contributed by atoms with Gasteiger partial charge in [0.1, 0.15) is 0 Å². The summed E-state index contributed by atoms with van der Waals surface area (Å²) in [6.07, 6.45) is 1.78. The molecule has 0 bridgehead atoms. The molecule has 1 N–H and O–H groups in total. The molecule has 0 unspecified atom stereocenters. The maximum absolute atomic E-state index is 11.6. The van der Waals surface area contributed by atoms with Gasteiger partial charge in [0.2, 0.25) is 0 Å². The Morgan fingerprint density at radius 3 is 2.09 bits per heavy atom. The predicted molar refractivity (Wildman–Crippen MR) is 129 cm³/mol. The van der Waals surface area contributed by atoms with E-state index in [1.54, 1.807) is 6.08 Å². The second-order valence-corrected chi connectivity index (χ2v) is 13.7. The molecule has 0 amide bonds. The minimum absolute atomic E-state index is 0.180. The van der Waals surface area contributed by atoms with E-state index in [-0.39, 0.29) is 23.7 Å². The molecule has 1 aliphatic rings. The van der Waals surface area contributed by atoms with Crippen molar-refractivity contribution in [2.45, 2.75) is 63.1 Å². The SMILES string of the molecule is C=C[C@H]1C[C@@H](O[Si](c2ccccc2)(c2ccccc2)C(C)(C)C)C[C@](CC(=O)O)(OC)O1. The van der Waals surface area contributed by atoms with Crippen LogP contribution >= 0.6 is 0 Å². The van der Waals surface area contributed by atoms with Crippen LogP contribution in [0.1, 0.15) is 40.0 Å². The van der Waals surface area contributed by atoms with E-state index in [1.165, 1.54) is 17.5 Å². The Balaban J connectivity index is 2.12. The lowest BCUT2D eigenvalue weighted by Crippen LogP contribution is -2.68. The van der Waals surface area contributed by atoms with Crippen LogP contribution in [0.15, 0.2) is 73.3 Å². The van der Waals surface area contributed by atoms with Crippen LogP contribution in [0, 0.1) is 0 Å². The van der Waals surface area contributed by atoms with E-state index in [0.717, 1.165) is 0 Å². The smallest absolute Gasteiger partial charge is 0.308 e. The van der Waals surface area contributed by atoms with E-state index < -0.39 is 20.1 Å². The number of carbonyl (C=O) groups is 1. The lowest BCUT2D eigenvalue weighted by atomic mass is 9.96. The van der Waals surface area contributed by atoms with Gasteiger partial charge in [0.15, 0.2) is 5.79 Å². The van der Waals surface area contributed by atoms with Crippen LogP contribution in [0.3, 0.4) is 0 Å². The number of ether oxygens (including phenoxy) is 2. The van der Waals surface area contributed by atoms with Crippen LogP contribution in [0.4, 0.5) is 0 Å². The maximum atomic E-state index is 11.6. The fourth-order valence-corrected chi connectivity index (χ4v) is 9.48. The van der Waals surface area contributed by atoms with Gasteiger partial charge in [-0.2, -0.15) is 0 Å². The van der Waals surface area contributed by atoms with Crippen molar-refractivity contribution in [3.05, 3.63) is 73.3 Å². The van der Waals surface area contributed by atoms with Gasteiger partial charge in [-0.15, -0.1) is 6.58 Å². The molecular formula is C26H34O5Si. The van der Waals surface area contributed by atoms with Crippen LogP contribution in [-0.4, -0.2) is 44.5 Å². The highest BCUT2D eigenvalue weighted by molar-refractivity contribution is 6.99. The summed E-state index contributed by atoms with van der Waals surface area (Å²) in [6, 6.07) is 20.8. The van der Waals surface area contributed by atoms with Crippen molar-refractivity contribution in [3.8, 4) is 0 Å². The molecule has 0 aliphatic carbocycles. The van der Waals surface area contributed by atoms with Crippen LogP contribution in [-0.2, 0) is 18.7 Å². The maximum Gasteiger partial charge on any atom is 0.308 e. The molecule has 1 saturated heterocycles. The Kier molecular flexibility index (Phi) is 7.40. The third kappa shape index (κ3) is 4.88. The van der Waals surface area contributed by atoms with Crippen molar-refractivity contribution >= 4 is 24.7 Å². The number of benzene rings is 2. The average Bonchev–Trinajstić information content (AvgIpc) is 2.77. The van der Waals surface area contributed by atoms with Gasteiger partial charge in [0.05, 0.1) is 18.6 Å². The summed E-state index contributed by atoms with van der Waals surface area (Å²) < 4.78 is 18.9. The standard InChI is InChI=1S/C26H34O5Si/c1-6-20-17-21(18-26(29-5,30-20)19-24(27)28)31-32(25(2,3)4,22-13-9-7-10-14-22)23-15-11-8-12-16-23/h6-16,20-21H,1,17-19H2,2-5H3,(H,27,28)/t20-,21+,26-/m0/s1. The van der Waals surface area contributed by atoms with E-state index >= 15 is 0 Å². The largest absolute Gasteiger partial charge is 0.481 e. The van der Waals surface area contributed by atoms with Gasteiger partial charge in [0, 0.05) is 20.0 Å². The zero-order valence-corrected chi connectivity index (χ0v) is 20.4. The molecule has 0 spiro atoms. The van der Waals surface area contributed by atoms with Crippen LogP contribution in [0.2, 0.25) is 5.04 Å². The first-order valence-electron chi connectivity index (χ1n) is 11.0. The first-order valence-corrected chi connectivity index (χ1v) is 12.9. The number of rotatable bonds is 8. The molecule has 2 aromatic rings. The van der Waals surface area contributed by atoms with Gasteiger partial charge in [0.25, 0.3) is 8.32 Å². The molecule has 0 radical (unpaired) electrons. The van der Waals surface area contributed by atoms with Crippen molar-refractivity contribution < 1.29 is 23.8 Å². The van der Waals surface area contributed by atoms with Gasteiger partial charge >= 0.3 is 5.97 Å². The first kappa shape index (κ1) is 24.4. The number of carboxylic acid groups (broad SMARTS) is 1. The van der Waals surface area contributed by atoms with Crippen LogP contribution < -0.4 is 10.4 Å². The molecular weight excluding hydrogens is 420 g/mol. The molecule has 172 valence electrons. The number of carboxylic acids is 1. The monoisotopic (exact) mass is 454 g/mol. The zero-order valence-electron chi connectivity index (χ0n) is 19.4. The van der Waals surface area contributed by atoms with E-state index in [0.29, 0.717) is 12.8 Å². The highest BCUT2D eigenvalue weighted by Gasteiger charge is 2.53. The fraction of sp³-hybridized carbons (Fsp3) is 0.423. The number of aliphatic carboxylic acids is 1. The second kappa shape index (κ2) is 9.71. The van der Waals surface area contributed by atoms with Crippen LogP contribution in [0.5, 0.6) is 0 Å². The number of hydrogen-bond acceptors (Lipinski definition) is 4. The second-order valence-electron chi connectivity index (χ2n) is 9.42.